The Balaban J connectivity index is 1.78. The van der Waals surface area contributed by atoms with Crippen LogP contribution in [0.1, 0.15) is 23.6 Å². The van der Waals surface area contributed by atoms with E-state index in [1.54, 1.807) is 35.2 Å². The highest BCUT2D eigenvalue weighted by Crippen LogP contribution is 2.39. The van der Waals surface area contributed by atoms with E-state index in [1.807, 2.05) is 6.07 Å². The topological polar surface area (TPSA) is 76.4 Å². The number of imidazole rings is 1. The highest BCUT2D eigenvalue weighted by atomic mass is 19.1. The Labute approximate surface area is 148 Å². The predicted octanol–water partition coefficient (Wildman–Crippen LogP) is 3.20. The molecule has 2 N–H and O–H groups in total. The Bertz CT molecular complexity index is 982. The van der Waals surface area contributed by atoms with Crippen molar-refractivity contribution in [3.63, 3.8) is 0 Å². The van der Waals surface area contributed by atoms with Crippen LogP contribution in [0.25, 0.3) is 5.69 Å². The molecule has 1 atom stereocenters. The van der Waals surface area contributed by atoms with Gasteiger partial charge in [-0.1, -0.05) is 6.07 Å². The van der Waals surface area contributed by atoms with Gasteiger partial charge in [0.1, 0.15) is 18.0 Å². The first-order valence-electron chi connectivity index (χ1n) is 8.06. The summed E-state index contributed by atoms with van der Waals surface area (Å²) in [6.07, 6.45) is 1.82. The standard InChI is InChI=1S/C19H16FN3O3/c1-26-16-7-2-11(8-15(16)24)14-9-17(25)22-19-18(14)21-10-23(19)13-5-3-12(20)4-6-13/h2-8,10,14,24H,9H2,1H3,(H,22,25). The van der Waals surface area contributed by atoms with E-state index in [-0.39, 0.29) is 29.8 Å². The molecule has 132 valence electrons. The first-order valence-corrected chi connectivity index (χ1v) is 8.06. The number of aromatic nitrogens is 2. The lowest BCUT2D eigenvalue weighted by Crippen LogP contribution is -2.24. The maximum Gasteiger partial charge on any atom is 0.226 e. The number of ether oxygens (including phenoxy) is 1. The summed E-state index contributed by atoms with van der Waals surface area (Å²) < 4.78 is 20.0. The molecule has 0 fully saturated rings. The minimum atomic E-state index is -0.335. The number of benzene rings is 2. The van der Waals surface area contributed by atoms with Gasteiger partial charge in [-0.3, -0.25) is 9.36 Å². The van der Waals surface area contributed by atoms with Crippen molar-refractivity contribution in [3.05, 3.63) is 65.9 Å². The van der Waals surface area contributed by atoms with Crippen molar-refractivity contribution in [1.82, 2.24) is 9.55 Å². The highest BCUT2D eigenvalue weighted by molar-refractivity contribution is 5.94. The zero-order chi connectivity index (χ0) is 18.3. The van der Waals surface area contributed by atoms with Gasteiger partial charge in [-0.25, -0.2) is 9.37 Å². The molecule has 0 spiro atoms. The number of carbonyl (C=O) groups excluding carboxylic acids is 1. The molecule has 4 rings (SSSR count). The van der Waals surface area contributed by atoms with Crippen LogP contribution in [-0.4, -0.2) is 27.7 Å². The number of methoxy groups -OCH3 is 1. The van der Waals surface area contributed by atoms with Crippen LogP contribution < -0.4 is 10.1 Å². The Hall–Kier alpha value is -3.35. The molecule has 1 aromatic heterocycles. The molecule has 6 nitrogen and oxygen atoms in total. The van der Waals surface area contributed by atoms with Crippen LogP contribution in [0.3, 0.4) is 0 Å². The molecule has 1 unspecified atom stereocenters. The van der Waals surface area contributed by atoms with Gasteiger partial charge in [-0.05, 0) is 42.0 Å². The normalized spacial score (nSPS) is 16.1. The van der Waals surface area contributed by atoms with Crippen LogP contribution in [0.4, 0.5) is 10.2 Å². The zero-order valence-corrected chi connectivity index (χ0v) is 13.9. The van der Waals surface area contributed by atoms with Crippen LogP contribution >= 0.6 is 0 Å². The molecule has 0 saturated carbocycles. The fraction of sp³-hybridized carbons (Fsp3) is 0.158. The second-order valence-electron chi connectivity index (χ2n) is 6.06. The van der Waals surface area contributed by atoms with E-state index in [0.717, 1.165) is 5.56 Å². The largest absolute Gasteiger partial charge is 0.504 e. The molecule has 1 amide bonds. The maximum absolute atomic E-state index is 13.2. The fourth-order valence-corrected chi connectivity index (χ4v) is 3.20. The molecule has 1 aliphatic heterocycles. The Morgan fingerprint density at radius 2 is 2.04 bits per heavy atom. The third-order valence-corrected chi connectivity index (χ3v) is 4.48. The van der Waals surface area contributed by atoms with Crippen molar-refractivity contribution in [2.75, 3.05) is 12.4 Å². The lowest BCUT2D eigenvalue weighted by Gasteiger charge is -2.23. The molecule has 7 heteroatoms. The molecule has 3 aromatic rings. The molecule has 2 aromatic carbocycles. The monoisotopic (exact) mass is 353 g/mol. The van der Waals surface area contributed by atoms with E-state index < -0.39 is 0 Å². The maximum atomic E-state index is 13.2. The van der Waals surface area contributed by atoms with Gasteiger partial charge in [0.2, 0.25) is 5.91 Å². The van der Waals surface area contributed by atoms with E-state index in [2.05, 4.69) is 10.3 Å². The van der Waals surface area contributed by atoms with E-state index in [9.17, 15) is 14.3 Å². The molecule has 0 aliphatic carbocycles. The summed E-state index contributed by atoms with van der Waals surface area (Å²) in [5, 5.41) is 12.9. The number of rotatable bonds is 3. The summed E-state index contributed by atoms with van der Waals surface area (Å²) >= 11 is 0. The van der Waals surface area contributed by atoms with Crippen LogP contribution in [0.15, 0.2) is 48.8 Å². The average Bonchev–Trinajstić information content (AvgIpc) is 3.05. The van der Waals surface area contributed by atoms with Gasteiger partial charge < -0.3 is 15.2 Å². The quantitative estimate of drug-likeness (QED) is 0.758. The first kappa shape index (κ1) is 16.1. The molecule has 26 heavy (non-hydrogen) atoms. The number of anilines is 1. The third-order valence-electron chi connectivity index (χ3n) is 4.48. The Morgan fingerprint density at radius 1 is 1.27 bits per heavy atom. The molecule has 1 aliphatic rings. The summed E-state index contributed by atoms with van der Waals surface area (Å²) in [6.45, 7) is 0. The van der Waals surface area contributed by atoms with Crippen LogP contribution in [-0.2, 0) is 4.79 Å². The van der Waals surface area contributed by atoms with Crippen molar-refractivity contribution in [1.29, 1.82) is 0 Å². The zero-order valence-electron chi connectivity index (χ0n) is 13.9. The third kappa shape index (κ3) is 2.67. The van der Waals surface area contributed by atoms with Crippen LogP contribution in [0.5, 0.6) is 11.5 Å². The number of aromatic hydroxyl groups is 1. The van der Waals surface area contributed by atoms with E-state index in [0.29, 0.717) is 22.9 Å². The highest BCUT2D eigenvalue weighted by Gasteiger charge is 2.31. The number of phenols is 1. The number of hydrogen-bond acceptors (Lipinski definition) is 4. The molecular formula is C19H16FN3O3. The fourth-order valence-electron chi connectivity index (χ4n) is 3.20. The van der Waals surface area contributed by atoms with E-state index in [1.165, 1.54) is 19.2 Å². The first-order chi connectivity index (χ1) is 12.6. The molecule has 0 saturated heterocycles. The Kier molecular flexibility index (Phi) is 3.84. The summed E-state index contributed by atoms with van der Waals surface area (Å²) in [6, 6.07) is 11.0. The van der Waals surface area contributed by atoms with E-state index >= 15 is 0 Å². The van der Waals surface area contributed by atoms with Crippen LogP contribution in [0, 0.1) is 5.82 Å². The van der Waals surface area contributed by atoms with Gasteiger partial charge in [0, 0.05) is 18.0 Å². The van der Waals surface area contributed by atoms with Gasteiger partial charge in [0.15, 0.2) is 11.5 Å². The Morgan fingerprint density at radius 3 is 2.73 bits per heavy atom. The summed E-state index contributed by atoms with van der Waals surface area (Å²) in [4.78, 5) is 16.7. The average molecular weight is 353 g/mol. The van der Waals surface area contributed by atoms with Crippen LogP contribution in [0.2, 0.25) is 0 Å². The smallest absolute Gasteiger partial charge is 0.226 e. The number of carbonyl (C=O) groups is 1. The summed E-state index contributed by atoms with van der Waals surface area (Å²) in [5.41, 5.74) is 2.15. The lowest BCUT2D eigenvalue weighted by atomic mass is 9.89. The molecule has 0 radical (unpaired) electrons. The molecule has 2 heterocycles. The minimum absolute atomic E-state index is 0.00972. The van der Waals surface area contributed by atoms with E-state index in [4.69, 9.17) is 4.74 Å². The van der Waals surface area contributed by atoms with Crippen molar-refractivity contribution < 1.29 is 19.0 Å². The SMILES string of the molecule is COc1ccc(C2CC(=O)Nc3c2ncn3-c2ccc(F)cc2)cc1O. The van der Waals surface area contributed by atoms with Crippen molar-refractivity contribution in [3.8, 4) is 17.2 Å². The number of fused-ring (bicyclic) bond motifs is 1. The van der Waals surface area contributed by atoms with Gasteiger partial charge in [0.05, 0.1) is 12.8 Å². The number of nitrogens with zero attached hydrogens (tertiary/aromatic N) is 2. The number of phenolic OH excluding ortho intramolecular Hbond substituents is 1. The van der Waals surface area contributed by atoms with Gasteiger partial charge in [-0.15, -0.1) is 0 Å². The van der Waals surface area contributed by atoms with Gasteiger partial charge >= 0.3 is 0 Å². The number of nitrogens with one attached hydrogen (secondary N) is 1. The molecule has 0 bridgehead atoms. The predicted molar refractivity (Wildman–Crippen MR) is 93.3 cm³/mol. The minimum Gasteiger partial charge on any atom is -0.504 e. The number of hydrogen-bond donors (Lipinski definition) is 2. The van der Waals surface area contributed by atoms with Gasteiger partial charge in [-0.2, -0.15) is 0 Å². The van der Waals surface area contributed by atoms with Crippen molar-refractivity contribution in [2.45, 2.75) is 12.3 Å². The second-order valence-corrected chi connectivity index (χ2v) is 6.06. The number of amides is 1. The second kappa shape index (κ2) is 6.18. The lowest BCUT2D eigenvalue weighted by molar-refractivity contribution is -0.116. The summed E-state index contributed by atoms with van der Waals surface area (Å²) in [5.74, 6) is 0.145. The number of halogens is 1. The summed E-state index contributed by atoms with van der Waals surface area (Å²) in [7, 11) is 1.48. The van der Waals surface area contributed by atoms with Gasteiger partial charge in [0.25, 0.3) is 0 Å². The molecular weight excluding hydrogens is 337 g/mol. The van der Waals surface area contributed by atoms with Crippen molar-refractivity contribution in [2.24, 2.45) is 0 Å². The van der Waals surface area contributed by atoms with Crippen molar-refractivity contribution >= 4 is 11.7 Å².